The van der Waals surface area contributed by atoms with Crippen LogP contribution in [0.5, 0.6) is 0 Å². The first-order valence-corrected chi connectivity index (χ1v) is 11.3. The molecule has 3 aromatic rings. The van der Waals surface area contributed by atoms with Crippen molar-refractivity contribution in [1.29, 1.82) is 0 Å². The van der Waals surface area contributed by atoms with Gasteiger partial charge in [0.05, 0.1) is 16.2 Å². The van der Waals surface area contributed by atoms with Gasteiger partial charge < -0.3 is 4.74 Å². The van der Waals surface area contributed by atoms with Crippen LogP contribution in [0, 0.1) is 0 Å². The predicted molar refractivity (Wildman–Crippen MR) is 111 cm³/mol. The zero-order valence-electron chi connectivity index (χ0n) is 15.7. The third kappa shape index (κ3) is 5.27. The molecule has 1 N–H and O–H groups in total. The smallest absolute Gasteiger partial charge is 0.338 e. The summed E-state index contributed by atoms with van der Waals surface area (Å²) in [7, 11) is -3.46. The summed E-state index contributed by atoms with van der Waals surface area (Å²) in [6, 6.07) is 15.0. The number of aromatic nitrogens is 1. The van der Waals surface area contributed by atoms with Gasteiger partial charge in [-0.25, -0.2) is 18.2 Å². The average Bonchev–Trinajstić information content (AvgIpc) is 3.16. The fraction of sp³-hybridized carbons (Fsp3) is 0.150. The van der Waals surface area contributed by atoms with E-state index in [-0.39, 0.29) is 10.5 Å². The largest absolute Gasteiger partial charge is 0.449 e. The molecule has 1 aromatic heterocycles. The van der Waals surface area contributed by atoms with Crippen LogP contribution < -0.4 is 5.32 Å². The minimum Gasteiger partial charge on any atom is -0.449 e. The number of nitrogens with zero attached hydrogens (tertiary/aromatic N) is 1. The predicted octanol–water partition coefficient (Wildman–Crippen LogP) is 3.40. The summed E-state index contributed by atoms with van der Waals surface area (Å²) < 4.78 is 28.4. The molecule has 9 heteroatoms. The average molecular weight is 431 g/mol. The van der Waals surface area contributed by atoms with Crippen LogP contribution in [0.15, 0.2) is 64.9 Å². The fourth-order valence-corrected chi connectivity index (χ4v) is 3.80. The first-order chi connectivity index (χ1) is 13.7. The molecule has 0 spiro atoms. The van der Waals surface area contributed by atoms with Crippen molar-refractivity contribution in [2.24, 2.45) is 0 Å². The Bertz CT molecular complexity index is 1140. The Kier molecular flexibility index (Phi) is 6.09. The quantitative estimate of drug-likeness (QED) is 0.602. The lowest BCUT2D eigenvalue weighted by Crippen LogP contribution is -2.30. The minimum absolute atomic E-state index is 0.000261. The lowest BCUT2D eigenvalue weighted by molar-refractivity contribution is -0.123. The third-order valence-corrected chi connectivity index (χ3v) is 5.82. The van der Waals surface area contributed by atoms with Crippen molar-refractivity contribution < 1.29 is 22.7 Å². The maximum Gasteiger partial charge on any atom is 0.338 e. The molecule has 0 aliphatic rings. The molecule has 3 rings (SSSR count). The van der Waals surface area contributed by atoms with Crippen molar-refractivity contribution in [2.75, 3.05) is 11.6 Å². The van der Waals surface area contributed by atoms with Gasteiger partial charge in [0, 0.05) is 17.2 Å². The number of carbonyl (C=O) groups is 2. The van der Waals surface area contributed by atoms with E-state index in [1.807, 2.05) is 35.7 Å². The van der Waals surface area contributed by atoms with E-state index >= 15 is 0 Å². The number of rotatable bonds is 6. The van der Waals surface area contributed by atoms with Gasteiger partial charge in [0.1, 0.15) is 0 Å². The SMILES string of the molecule is C[C@H](OC(=O)c1cccc(S(C)(=O)=O)c1)C(=O)Nc1nc(-c2ccccc2)cs1. The summed E-state index contributed by atoms with van der Waals surface area (Å²) in [6.45, 7) is 1.43. The van der Waals surface area contributed by atoms with Crippen LogP contribution in [0.4, 0.5) is 5.13 Å². The van der Waals surface area contributed by atoms with Crippen LogP contribution in [0.2, 0.25) is 0 Å². The normalized spacial score (nSPS) is 12.2. The monoisotopic (exact) mass is 430 g/mol. The molecular weight excluding hydrogens is 412 g/mol. The first kappa shape index (κ1) is 20.7. The standard InChI is InChI=1S/C20H18N2O5S2/c1-13(27-19(24)15-9-6-10-16(11-15)29(2,25)26)18(23)22-20-21-17(12-28-20)14-7-4-3-5-8-14/h3-13H,1-2H3,(H,21,22,23)/t13-/m0/s1. The van der Waals surface area contributed by atoms with Gasteiger partial charge in [-0.05, 0) is 25.1 Å². The fourth-order valence-electron chi connectivity index (χ4n) is 2.42. The number of sulfone groups is 1. The van der Waals surface area contributed by atoms with Crippen molar-refractivity contribution in [2.45, 2.75) is 17.9 Å². The second-order valence-corrected chi connectivity index (χ2v) is 9.11. The van der Waals surface area contributed by atoms with Crippen molar-refractivity contribution in [1.82, 2.24) is 4.98 Å². The molecule has 0 radical (unpaired) electrons. The molecule has 1 heterocycles. The molecule has 0 aliphatic heterocycles. The molecule has 0 unspecified atom stereocenters. The Morgan fingerprint density at radius 1 is 1.10 bits per heavy atom. The van der Waals surface area contributed by atoms with Gasteiger partial charge in [0.2, 0.25) is 0 Å². The number of hydrogen-bond donors (Lipinski definition) is 1. The third-order valence-electron chi connectivity index (χ3n) is 3.95. The van der Waals surface area contributed by atoms with E-state index in [1.165, 1.54) is 42.5 Å². The van der Waals surface area contributed by atoms with Crippen LogP contribution in [0.3, 0.4) is 0 Å². The van der Waals surface area contributed by atoms with Crippen LogP contribution >= 0.6 is 11.3 Å². The van der Waals surface area contributed by atoms with E-state index in [9.17, 15) is 18.0 Å². The summed E-state index contributed by atoms with van der Waals surface area (Å²) in [5, 5.41) is 4.82. The molecule has 150 valence electrons. The van der Waals surface area contributed by atoms with E-state index in [0.29, 0.717) is 5.13 Å². The van der Waals surface area contributed by atoms with Crippen LogP contribution in [0.25, 0.3) is 11.3 Å². The van der Waals surface area contributed by atoms with Gasteiger partial charge in [-0.2, -0.15) is 0 Å². The number of carbonyl (C=O) groups excluding carboxylic acids is 2. The van der Waals surface area contributed by atoms with Gasteiger partial charge in [-0.15, -0.1) is 11.3 Å². The van der Waals surface area contributed by atoms with E-state index in [2.05, 4.69) is 10.3 Å². The number of benzene rings is 2. The maximum absolute atomic E-state index is 12.3. The Labute approximate surface area is 172 Å². The van der Waals surface area contributed by atoms with Gasteiger partial charge in [-0.3, -0.25) is 10.1 Å². The van der Waals surface area contributed by atoms with Crippen molar-refractivity contribution in [3.8, 4) is 11.3 Å². The molecule has 0 saturated heterocycles. The molecule has 29 heavy (non-hydrogen) atoms. The second kappa shape index (κ2) is 8.54. The van der Waals surface area contributed by atoms with Crippen LogP contribution in [-0.2, 0) is 19.4 Å². The molecule has 0 aliphatic carbocycles. The first-order valence-electron chi connectivity index (χ1n) is 8.57. The summed E-state index contributed by atoms with van der Waals surface area (Å²) in [6.07, 6.45) is -0.0425. The van der Waals surface area contributed by atoms with E-state index < -0.39 is 27.8 Å². The highest BCUT2D eigenvalue weighted by atomic mass is 32.2. The highest BCUT2D eigenvalue weighted by Gasteiger charge is 2.21. The minimum atomic E-state index is -3.46. The highest BCUT2D eigenvalue weighted by molar-refractivity contribution is 7.90. The number of anilines is 1. The molecule has 0 bridgehead atoms. The number of hydrogen-bond acceptors (Lipinski definition) is 7. The van der Waals surface area contributed by atoms with Crippen molar-refractivity contribution in [3.05, 3.63) is 65.5 Å². The number of nitrogens with one attached hydrogen (secondary N) is 1. The number of ether oxygens (including phenoxy) is 1. The molecule has 7 nitrogen and oxygen atoms in total. The molecule has 1 atom stereocenters. The number of amides is 1. The summed E-state index contributed by atoms with van der Waals surface area (Å²) >= 11 is 1.26. The van der Waals surface area contributed by atoms with E-state index in [4.69, 9.17) is 4.74 Å². The molecule has 1 amide bonds. The van der Waals surface area contributed by atoms with Crippen molar-refractivity contribution >= 4 is 38.2 Å². The van der Waals surface area contributed by atoms with E-state index in [0.717, 1.165) is 17.5 Å². The number of thiazole rings is 1. The van der Waals surface area contributed by atoms with Gasteiger partial charge in [-0.1, -0.05) is 36.4 Å². The molecule has 2 aromatic carbocycles. The molecule has 0 saturated carbocycles. The summed E-state index contributed by atoms with van der Waals surface area (Å²) in [5.74, 6) is -1.33. The molecular formula is C20H18N2O5S2. The lowest BCUT2D eigenvalue weighted by atomic mass is 10.2. The van der Waals surface area contributed by atoms with E-state index in [1.54, 1.807) is 0 Å². The van der Waals surface area contributed by atoms with Gasteiger partial charge in [0.15, 0.2) is 21.1 Å². The topological polar surface area (TPSA) is 102 Å². The molecule has 0 fully saturated rings. The zero-order chi connectivity index (χ0) is 21.0. The highest BCUT2D eigenvalue weighted by Crippen LogP contribution is 2.24. The van der Waals surface area contributed by atoms with Gasteiger partial charge in [0.25, 0.3) is 5.91 Å². The Hall–Kier alpha value is -3.04. The maximum atomic E-state index is 12.3. The lowest BCUT2D eigenvalue weighted by Gasteiger charge is -2.12. The van der Waals surface area contributed by atoms with Gasteiger partial charge >= 0.3 is 5.97 Å². The number of esters is 1. The second-order valence-electron chi connectivity index (χ2n) is 6.24. The zero-order valence-corrected chi connectivity index (χ0v) is 17.3. The van der Waals surface area contributed by atoms with Crippen LogP contribution in [-0.4, -0.2) is 37.6 Å². The Morgan fingerprint density at radius 3 is 2.52 bits per heavy atom. The van der Waals surface area contributed by atoms with Crippen LogP contribution in [0.1, 0.15) is 17.3 Å². The Balaban J connectivity index is 1.64. The summed E-state index contributed by atoms with van der Waals surface area (Å²) in [5.41, 5.74) is 1.70. The van der Waals surface area contributed by atoms with Crippen molar-refractivity contribution in [3.63, 3.8) is 0 Å². The Morgan fingerprint density at radius 2 is 1.83 bits per heavy atom. The summed E-state index contributed by atoms with van der Waals surface area (Å²) in [4.78, 5) is 29.0.